The maximum atomic E-state index is 4.16. The second kappa shape index (κ2) is 5.41. The minimum absolute atomic E-state index is 0.931. The number of hydrogen-bond donors (Lipinski definition) is 0. The first-order chi connectivity index (χ1) is 7.84. The molecule has 0 atom stereocenters. The lowest BCUT2D eigenvalue weighted by Gasteiger charge is -2.30. The maximum absolute atomic E-state index is 4.16. The van der Waals surface area contributed by atoms with Gasteiger partial charge in [-0.2, -0.15) is 0 Å². The number of hydrogen-bond acceptors (Lipinski definition) is 3. The molecule has 0 unspecified atom stereocenters. The first kappa shape index (κ1) is 13.8. The summed E-state index contributed by atoms with van der Waals surface area (Å²) in [6.45, 7) is 13.4. The molecule has 0 radical (unpaired) electrons. The molecule has 17 heavy (non-hydrogen) atoms. The lowest BCUT2D eigenvalue weighted by Crippen LogP contribution is -2.33. The van der Waals surface area contributed by atoms with Gasteiger partial charge < -0.3 is 9.91 Å². The largest absolute Gasteiger partial charge is 0.349 e. The number of allylic oxidation sites excluding steroid dienone is 2. The Morgan fingerprint density at radius 1 is 1.29 bits per heavy atom. The van der Waals surface area contributed by atoms with Gasteiger partial charge in [-0.15, -0.1) is 0 Å². The van der Waals surface area contributed by atoms with E-state index in [1.807, 2.05) is 6.92 Å². The number of rotatable bonds is 3. The Morgan fingerprint density at radius 3 is 2.35 bits per heavy atom. The van der Waals surface area contributed by atoms with Crippen molar-refractivity contribution in [2.24, 2.45) is 0 Å². The summed E-state index contributed by atoms with van der Waals surface area (Å²) in [5, 5.41) is 4.32. The van der Waals surface area contributed by atoms with Crippen LogP contribution in [0, 0.1) is 0 Å². The molecule has 0 N–H and O–H groups in total. The molecular weight excluding hydrogens is 210 g/mol. The highest BCUT2D eigenvalue weighted by Crippen LogP contribution is 2.27. The van der Waals surface area contributed by atoms with Crippen molar-refractivity contribution < 1.29 is 0 Å². The van der Waals surface area contributed by atoms with Gasteiger partial charge in [-0.1, -0.05) is 13.2 Å². The van der Waals surface area contributed by atoms with E-state index in [1.54, 1.807) is 0 Å². The van der Waals surface area contributed by atoms with Gasteiger partial charge in [0.05, 0.1) is 0 Å². The first-order valence-electron chi connectivity index (χ1n) is 6.05. The predicted molar refractivity (Wildman–Crippen MR) is 74.0 cm³/mol. The summed E-state index contributed by atoms with van der Waals surface area (Å²) in [7, 11) is 6.24. The van der Waals surface area contributed by atoms with Crippen LogP contribution in [-0.4, -0.2) is 42.6 Å². The van der Waals surface area contributed by atoms with Crippen LogP contribution < -0.4 is 0 Å². The fourth-order valence-electron chi connectivity index (χ4n) is 2.23. The third-order valence-electron chi connectivity index (χ3n) is 3.37. The quantitative estimate of drug-likeness (QED) is 0.696. The van der Waals surface area contributed by atoms with Gasteiger partial charge in [-0.25, -0.2) is 5.01 Å². The van der Waals surface area contributed by atoms with Crippen molar-refractivity contribution in [1.29, 1.82) is 0 Å². The van der Waals surface area contributed by atoms with Crippen LogP contribution in [0.2, 0.25) is 0 Å². The van der Waals surface area contributed by atoms with Crippen LogP contribution in [0.15, 0.2) is 35.8 Å². The van der Waals surface area contributed by atoms with Gasteiger partial charge in [0.15, 0.2) is 0 Å². The van der Waals surface area contributed by atoms with E-state index in [-0.39, 0.29) is 0 Å². The van der Waals surface area contributed by atoms with Crippen LogP contribution in [-0.2, 0) is 0 Å². The number of hydrazine groups is 1. The van der Waals surface area contributed by atoms with Gasteiger partial charge in [0.1, 0.15) is 0 Å². The molecular formula is C14H25N3. The maximum Gasteiger partial charge on any atom is 0.0303 e. The third kappa shape index (κ3) is 3.13. The van der Waals surface area contributed by atoms with E-state index in [2.05, 4.69) is 56.1 Å². The van der Waals surface area contributed by atoms with Gasteiger partial charge in [0.25, 0.3) is 0 Å². The highest BCUT2D eigenvalue weighted by Gasteiger charge is 2.19. The van der Waals surface area contributed by atoms with Crippen LogP contribution >= 0.6 is 0 Å². The van der Waals surface area contributed by atoms with Crippen molar-refractivity contribution in [2.75, 3.05) is 27.7 Å². The van der Waals surface area contributed by atoms with Crippen LogP contribution in [0.3, 0.4) is 0 Å². The van der Waals surface area contributed by atoms with Crippen LogP contribution in [0.25, 0.3) is 0 Å². The molecule has 0 aromatic rings. The van der Waals surface area contributed by atoms with Gasteiger partial charge >= 0.3 is 0 Å². The summed E-state index contributed by atoms with van der Waals surface area (Å²) in [5.74, 6) is 0. The van der Waals surface area contributed by atoms with Crippen LogP contribution in [0.4, 0.5) is 0 Å². The lowest BCUT2D eigenvalue weighted by molar-refractivity contribution is 0.0914. The Labute approximate surface area is 106 Å². The zero-order chi connectivity index (χ0) is 13.2. The zero-order valence-electron chi connectivity index (χ0n) is 11.9. The highest BCUT2D eigenvalue weighted by molar-refractivity contribution is 5.22. The summed E-state index contributed by atoms with van der Waals surface area (Å²) >= 11 is 0. The van der Waals surface area contributed by atoms with Gasteiger partial charge in [-0.05, 0) is 19.4 Å². The molecule has 1 aliphatic heterocycles. The smallest absolute Gasteiger partial charge is 0.0303 e. The zero-order valence-corrected chi connectivity index (χ0v) is 11.9. The fourth-order valence-corrected chi connectivity index (χ4v) is 2.23. The second-order valence-electron chi connectivity index (χ2n) is 4.98. The fraction of sp³-hybridized carbons (Fsp3) is 0.571. The Balaban J connectivity index is 2.92. The lowest BCUT2D eigenvalue weighted by atomic mass is 10.1. The second-order valence-corrected chi connectivity index (χ2v) is 4.98. The van der Waals surface area contributed by atoms with Crippen molar-refractivity contribution in [3.05, 3.63) is 35.8 Å². The van der Waals surface area contributed by atoms with E-state index in [1.165, 1.54) is 11.3 Å². The summed E-state index contributed by atoms with van der Waals surface area (Å²) in [5.41, 5.74) is 5.02. The molecule has 0 amide bonds. The molecule has 0 aromatic carbocycles. The molecule has 1 heterocycles. The monoisotopic (exact) mass is 235 g/mol. The summed E-state index contributed by atoms with van der Waals surface area (Å²) < 4.78 is 0. The molecule has 0 saturated carbocycles. The average Bonchev–Trinajstić information content (AvgIpc) is 2.35. The molecule has 1 rings (SSSR count). The van der Waals surface area contributed by atoms with Crippen molar-refractivity contribution in [3.8, 4) is 0 Å². The highest BCUT2D eigenvalue weighted by atomic mass is 15.6. The normalized spacial score (nSPS) is 17.5. The Morgan fingerprint density at radius 2 is 1.88 bits per heavy atom. The molecule has 0 fully saturated rings. The van der Waals surface area contributed by atoms with Gasteiger partial charge in [-0.3, -0.25) is 0 Å². The van der Waals surface area contributed by atoms with E-state index in [9.17, 15) is 0 Å². The minimum Gasteiger partial charge on any atom is -0.349 e. The Hall–Kier alpha value is -1.22. The molecule has 0 aromatic heterocycles. The van der Waals surface area contributed by atoms with Crippen molar-refractivity contribution in [2.45, 2.75) is 26.7 Å². The van der Waals surface area contributed by atoms with Crippen molar-refractivity contribution >= 4 is 0 Å². The summed E-state index contributed by atoms with van der Waals surface area (Å²) in [4.78, 5) is 2.22. The molecule has 3 nitrogen and oxygen atoms in total. The van der Waals surface area contributed by atoms with E-state index in [0.29, 0.717) is 0 Å². The molecule has 3 heteroatoms. The van der Waals surface area contributed by atoms with Gasteiger partial charge in [0, 0.05) is 57.6 Å². The van der Waals surface area contributed by atoms with E-state index >= 15 is 0 Å². The number of nitrogens with zero attached hydrogens (tertiary/aromatic N) is 3. The van der Waals surface area contributed by atoms with Crippen molar-refractivity contribution in [3.63, 3.8) is 0 Å². The van der Waals surface area contributed by atoms with Crippen LogP contribution in [0.5, 0.6) is 0 Å². The summed E-state index contributed by atoms with van der Waals surface area (Å²) in [6.07, 6.45) is 1.97. The molecule has 0 saturated heterocycles. The van der Waals surface area contributed by atoms with E-state index in [4.69, 9.17) is 0 Å². The van der Waals surface area contributed by atoms with Gasteiger partial charge in [0.2, 0.25) is 0 Å². The van der Waals surface area contributed by atoms with E-state index in [0.717, 1.165) is 30.8 Å². The molecule has 0 bridgehead atoms. The van der Waals surface area contributed by atoms with Crippen molar-refractivity contribution in [1.82, 2.24) is 14.9 Å². The molecule has 0 spiro atoms. The first-order valence-corrected chi connectivity index (χ1v) is 6.05. The predicted octanol–water partition coefficient (Wildman–Crippen LogP) is 2.81. The minimum atomic E-state index is 0.931. The van der Waals surface area contributed by atoms with E-state index < -0.39 is 0 Å². The topological polar surface area (TPSA) is 9.72 Å². The Bertz CT molecular complexity index is 352. The third-order valence-corrected chi connectivity index (χ3v) is 3.37. The molecule has 1 aliphatic rings. The molecule has 96 valence electrons. The average molecular weight is 235 g/mol. The standard InChI is InChI=1S/C14H25N3/c1-11(2)17-9-8-14(16(7)15(5)6)12(3)10-13(17)4/h1,4,8-10H2,2-3,5-7H3. The Kier molecular flexibility index (Phi) is 4.40. The van der Waals surface area contributed by atoms with Crippen LogP contribution in [0.1, 0.15) is 26.7 Å². The SMILES string of the molecule is C=C(C)N1CCC(N(C)N(C)C)=C(C)CC1=C. The summed E-state index contributed by atoms with van der Waals surface area (Å²) in [6, 6.07) is 0. The molecule has 0 aliphatic carbocycles.